The van der Waals surface area contributed by atoms with E-state index >= 15 is 0 Å². The average molecular weight is 466 g/mol. The Morgan fingerprint density at radius 1 is 0.935 bits per heavy atom. The molecule has 0 saturated carbocycles. The molecule has 0 fully saturated rings. The Kier molecular flexibility index (Phi) is 13.4. The SMILES string of the molecule is CC(O)C(NC(=O)C(N)CS)C(=O)NC(CC(=O)O)C(=O)NC(CCCCN)C(=O)O. The van der Waals surface area contributed by atoms with E-state index in [2.05, 4.69) is 28.6 Å². The van der Waals surface area contributed by atoms with E-state index in [4.69, 9.17) is 16.6 Å². The van der Waals surface area contributed by atoms with E-state index in [-0.39, 0.29) is 12.2 Å². The Morgan fingerprint density at radius 3 is 1.97 bits per heavy atom. The van der Waals surface area contributed by atoms with E-state index in [0.29, 0.717) is 19.4 Å². The fourth-order valence-corrected chi connectivity index (χ4v) is 2.58. The molecule has 0 heterocycles. The van der Waals surface area contributed by atoms with Gasteiger partial charge >= 0.3 is 11.9 Å². The normalized spacial score (nSPS) is 15.6. The Hall–Kier alpha value is -2.42. The van der Waals surface area contributed by atoms with Gasteiger partial charge < -0.3 is 42.7 Å². The lowest BCUT2D eigenvalue weighted by atomic mass is 10.1. The van der Waals surface area contributed by atoms with E-state index in [1.165, 1.54) is 6.92 Å². The van der Waals surface area contributed by atoms with E-state index in [1.54, 1.807) is 0 Å². The summed E-state index contributed by atoms with van der Waals surface area (Å²) in [5.74, 6) is -5.69. The summed E-state index contributed by atoms with van der Waals surface area (Å²) >= 11 is 3.86. The lowest BCUT2D eigenvalue weighted by molar-refractivity contribution is -0.144. The third kappa shape index (κ3) is 11.0. The van der Waals surface area contributed by atoms with Crippen molar-refractivity contribution in [2.24, 2.45) is 11.5 Å². The quantitative estimate of drug-likeness (QED) is 0.0865. The zero-order valence-electron chi connectivity index (χ0n) is 17.1. The highest BCUT2D eigenvalue weighted by Gasteiger charge is 2.33. The highest BCUT2D eigenvalue weighted by molar-refractivity contribution is 7.80. The molecule has 3 amide bonds. The minimum Gasteiger partial charge on any atom is -0.481 e. The number of rotatable bonds is 15. The van der Waals surface area contributed by atoms with Crippen LogP contribution in [0.25, 0.3) is 0 Å². The smallest absolute Gasteiger partial charge is 0.326 e. The maximum Gasteiger partial charge on any atom is 0.326 e. The molecule has 0 spiro atoms. The molecule has 10 N–H and O–H groups in total. The molecule has 0 rings (SSSR count). The van der Waals surface area contributed by atoms with Gasteiger partial charge in [0.15, 0.2) is 0 Å². The van der Waals surface area contributed by atoms with Crippen molar-refractivity contribution in [1.29, 1.82) is 0 Å². The molecule has 0 aliphatic heterocycles. The zero-order valence-corrected chi connectivity index (χ0v) is 18.0. The largest absolute Gasteiger partial charge is 0.481 e. The first-order chi connectivity index (χ1) is 14.4. The van der Waals surface area contributed by atoms with E-state index in [0.717, 1.165) is 0 Å². The molecule has 0 radical (unpaired) electrons. The number of unbranched alkanes of at least 4 members (excludes halogenated alkanes) is 1. The first-order valence-corrected chi connectivity index (χ1v) is 10.2. The molecule has 0 saturated heterocycles. The number of amides is 3. The number of hydrogen-bond acceptors (Lipinski definition) is 9. The van der Waals surface area contributed by atoms with Crippen molar-refractivity contribution in [3.8, 4) is 0 Å². The van der Waals surface area contributed by atoms with E-state index in [9.17, 15) is 34.2 Å². The summed E-state index contributed by atoms with van der Waals surface area (Å²) in [6, 6.07) is -5.58. The molecule has 0 aliphatic carbocycles. The number of carboxylic acids is 2. The number of carboxylic acid groups (broad SMARTS) is 2. The molecule has 0 aromatic heterocycles. The number of carbonyl (C=O) groups excluding carboxylic acids is 3. The second-order valence-corrected chi connectivity index (χ2v) is 7.22. The molecule has 31 heavy (non-hydrogen) atoms. The van der Waals surface area contributed by atoms with Crippen molar-refractivity contribution in [3.05, 3.63) is 0 Å². The molecule has 0 aliphatic rings. The monoisotopic (exact) mass is 465 g/mol. The standard InChI is InChI=1S/C17H31N5O8S/c1-8(23)13(22-14(26)9(19)7-31)16(28)21-11(6-12(24)25)15(27)20-10(17(29)30)4-2-3-5-18/h8-11,13,23,31H,2-7,18-19H2,1H3,(H,20,27)(H,21,28)(H,22,26)(H,24,25)(H,29,30). The predicted octanol–water partition coefficient (Wildman–Crippen LogP) is -3.23. The van der Waals surface area contributed by atoms with Crippen molar-refractivity contribution >= 4 is 42.3 Å². The maximum absolute atomic E-state index is 12.5. The van der Waals surface area contributed by atoms with E-state index < -0.39 is 66.4 Å². The number of nitrogens with one attached hydrogen (secondary N) is 3. The van der Waals surface area contributed by atoms with Crippen LogP contribution in [0.5, 0.6) is 0 Å². The average Bonchev–Trinajstić information content (AvgIpc) is 2.68. The second kappa shape index (κ2) is 14.6. The van der Waals surface area contributed by atoms with Crippen molar-refractivity contribution in [1.82, 2.24) is 16.0 Å². The Balaban J connectivity index is 5.36. The van der Waals surface area contributed by atoms with Gasteiger partial charge in [-0.15, -0.1) is 0 Å². The molecule has 0 aromatic rings. The highest BCUT2D eigenvalue weighted by Crippen LogP contribution is 2.04. The highest BCUT2D eigenvalue weighted by atomic mass is 32.1. The zero-order chi connectivity index (χ0) is 24.1. The summed E-state index contributed by atoms with van der Waals surface area (Å²) in [6.45, 7) is 1.53. The summed E-state index contributed by atoms with van der Waals surface area (Å²) < 4.78 is 0. The molecule has 178 valence electrons. The maximum atomic E-state index is 12.5. The Labute approximate surface area is 184 Å². The van der Waals surface area contributed by atoms with Gasteiger partial charge in [-0.25, -0.2) is 4.79 Å². The lowest BCUT2D eigenvalue weighted by Gasteiger charge is -2.25. The third-order valence-corrected chi connectivity index (χ3v) is 4.56. The Bertz CT molecular complexity index is 648. The molecule has 5 atom stereocenters. The number of aliphatic hydroxyl groups is 1. The van der Waals surface area contributed by atoms with Crippen molar-refractivity contribution in [2.75, 3.05) is 12.3 Å². The minimum absolute atomic E-state index is 0.0369. The number of nitrogens with two attached hydrogens (primary N) is 2. The van der Waals surface area contributed by atoms with Gasteiger partial charge in [0.1, 0.15) is 18.1 Å². The number of aliphatic hydroxyl groups excluding tert-OH is 1. The van der Waals surface area contributed by atoms with Crippen LogP contribution >= 0.6 is 12.6 Å². The number of hydrogen-bond donors (Lipinski definition) is 9. The Morgan fingerprint density at radius 2 is 1.52 bits per heavy atom. The second-order valence-electron chi connectivity index (χ2n) is 6.86. The van der Waals surface area contributed by atoms with Crippen molar-refractivity contribution < 1.29 is 39.3 Å². The molecule has 0 aromatic carbocycles. The van der Waals surface area contributed by atoms with Gasteiger partial charge in [0.05, 0.1) is 18.6 Å². The van der Waals surface area contributed by atoms with Crippen LogP contribution in [0.3, 0.4) is 0 Å². The van der Waals surface area contributed by atoms with E-state index in [1.807, 2.05) is 0 Å². The van der Waals surface area contributed by atoms with Gasteiger partial charge in [0.25, 0.3) is 0 Å². The topological polar surface area (TPSA) is 234 Å². The first kappa shape index (κ1) is 28.6. The van der Waals surface area contributed by atoms with Gasteiger partial charge in [-0.1, -0.05) is 0 Å². The fraction of sp³-hybridized carbons (Fsp3) is 0.706. The van der Waals surface area contributed by atoms with Crippen LogP contribution in [0.4, 0.5) is 0 Å². The number of carbonyl (C=O) groups is 5. The summed E-state index contributed by atoms with van der Waals surface area (Å²) in [7, 11) is 0. The van der Waals surface area contributed by atoms with Crippen LogP contribution in [-0.2, 0) is 24.0 Å². The van der Waals surface area contributed by atoms with Crippen molar-refractivity contribution in [2.45, 2.75) is 62.9 Å². The molecule has 14 heteroatoms. The van der Waals surface area contributed by atoms with Crippen LogP contribution in [0.15, 0.2) is 0 Å². The number of aliphatic carboxylic acids is 2. The third-order valence-electron chi connectivity index (χ3n) is 4.17. The van der Waals surface area contributed by atoms with Gasteiger partial charge in [0, 0.05) is 5.75 Å². The summed E-state index contributed by atoms with van der Waals surface area (Å²) in [4.78, 5) is 59.4. The first-order valence-electron chi connectivity index (χ1n) is 9.54. The van der Waals surface area contributed by atoms with Crippen molar-refractivity contribution in [3.63, 3.8) is 0 Å². The molecule has 13 nitrogen and oxygen atoms in total. The van der Waals surface area contributed by atoms with Crippen LogP contribution in [0.2, 0.25) is 0 Å². The minimum atomic E-state index is -1.65. The summed E-state index contributed by atoms with van der Waals surface area (Å²) in [5, 5.41) is 34.6. The van der Waals surface area contributed by atoms with Gasteiger partial charge in [-0.3, -0.25) is 19.2 Å². The fourth-order valence-electron chi connectivity index (χ4n) is 2.42. The molecule has 5 unspecified atom stereocenters. The molecular weight excluding hydrogens is 434 g/mol. The van der Waals surface area contributed by atoms with Gasteiger partial charge in [-0.05, 0) is 32.7 Å². The number of thiol groups is 1. The molecular formula is C17H31N5O8S. The van der Waals surface area contributed by atoms with Crippen LogP contribution in [0.1, 0.15) is 32.6 Å². The summed E-state index contributed by atoms with van der Waals surface area (Å²) in [6.07, 6.45) is -1.28. The molecule has 0 bridgehead atoms. The predicted molar refractivity (Wildman–Crippen MR) is 112 cm³/mol. The van der Waals surface area contributed by atoms with Crippen LogP contribution in [0, 0.1) is 0 Å². The van der Waals surface area contributed by atoms with Crippen LogP contribution < -0.4 is 27.4 Å². The van der Waals surface area contributed by atoms with Gasteiger partial charge in [-0.2, -0.15) is 12.6 Å². The lowest BCUT2D eigenvalue weighted by Crippen LogP contribution is -2.60. The van der Waals surface area contributed by atoms with Gasteiger partial charge in [0.2, 0.25) is 17.7 Å². The van der Waals surface area contributed by atoms with Crippen LogP contribution in [-0.4, -0.2) is 87.5 Å². The summed E-state index contributed by atoms with van der Waals surface area (Å²) in [5.41, 5.74) is 10.9.